The zero-order valence-corrected chi connectivity index (χ0v) is 24.2. The lowest BCUT2D eigenvalue weighted by molar-refractivity contribution is 0.0475. The normalized spacial score (nSPS) is 17.4. The molecule has 0 fully saturated rings. The number of hydrogen-bond acceptors (Lipinski definition) is 9. The first-order valence-corrected chi connectivity index (χ1v) is 13.7. The minimum absolute atomic E-state index is 0.0252. The monoisotopic (exact) mass is 583 g/mol. The van der Waals surface area contributed by atoms with Gasteiger partial charge in [-0.05, 0) is 45.9 Å². The minimum atomic E-state index is -2.60. The van der Waals surface area contributed by atoms with E-state index in [1.165, 1.54) is 0 Å². The van der Waals surface area contributed by atoms with Gasteiger partial charge < -0.3 is 20.0 Å². The van der Waals surface area contributed by atoms with Crippen molar-refractivity contribution in [3.63, 3.8) is 0 Å². The zero-order valence-electron chi connectivity index (χ0n) is 24.2. The number of aromatic amines is 1. The Hall–Kier alpha value is -4.17. The summed E-state index contributed by atoms with van der Waals surface area (Å²) in [5, 5.41) is 35.0. The van der Waals surface area contributed by atoms with Crippen molar-refractivity contribution in [2.24, 2.45) is 7.05 Å². The second kappa shape index (κ2) is 12.0. The van der Waals surface area contributed by atoms with Crippen molar-refractivity contribution in [1.82, 2.24) is 39.6 Å². The van der Waals surface area contributed by atoms with Crippen molar-refractivity contribution in [2.75, 3.05) is 26.4 Å². The van der Waals surface area contributed by atoms with Gasteiger partial charge in [0.2, 0.25) is 11.8 Å². The van der Waals surface area contributed by atoms with Crippen LogP contribution in [0.3, 0.4) is 0 Å². The number of nitrogens with zero attached hydrogens (tertiary/aromatic N) is 7. The average Bonchev–Trinajstić information content (AvgIpc) is 3.60. The molecule has 0 radical (unpaired) electrons. The van der Waals surface area contributed by atoms with Crippen LogP contribution in [0.5, 0.6) is 11.8 Å². The SMILES string of the molecule is Cc1nn(C)c2c1-c1cc3c([nH]nc3c(C)n1)/C=C/c1c(OCC=N)nn(C(C)CO)c1CN(CC(F)F)C(C)CO2. The largest absolute Gasteiger partial charge is 0.476 e. The van der Waals surface area contributed by atoms with E-state index in [1.54, 1.807) is 34.3 Å². The predicted molar refractivity (Wildman–Crippen MR) is 154 cm³/mol. The molecule has 3 N–H and O–H groups in total. The summed E-state index contributed by atoms with van der Waals surface area (Å²) in [6, 6.07) is 1.02. The highest BCUT2D eigenvalue weighted by Crippen LogP contribution is 2.36. The maximum absolute atomic E-state index is 13.9. The number of hydrogen-bond donors (Lipinski definition) is 3. The molecule has 4 aromatic rings. The Bertz CT molecular complexity index is 1620. The van der Waals surface area contributed by atoms with Crippen LogP contribution in [-0.2, 0) is 13.6 Å². The fraction of sp³-hybridized carbons (Fsp3) is 0.464. The molecule has 1 aliphatic heterocycles. The average molecular weight is 584 g/mol. The van der Waals surface area contributed by atoms with Gasteiger partial charge in [-0.2, -0.15) is 10.2 Å². The second-order valence-electron chi connectivity index (χ2n) is 10.5. The first-order valence-electron chi connectivity index (χ1n) is 13.7. The number of nitrogens with one attached hydrogen (secondary N) is 2. The molecular weight excluding hydrogens is 548 g/mol. The molecule has 0 aromatic carbocycles. The van der Waals surface area contributed by atoms with Gasteiger partial charge >= 0.3 is 0 Å². The van der Waals surface area contributed by atoms with Crippen LogP contribution in [0.15, 0.2) is 6.07 Å². The van der Waals surface area contributed by atoms with Gasteiger partial charge in [-0.3, -0.25) is 19.7 Å². The van der Waals surface area contributed by atoms with Crippen molar-refractivity contribution in [3.8, 4) is 23.0 Å². The number of ether oxygens (including phenoxy) is 2. The van der Waals surface area contributed by atoms with E-state index in [-0.39, 0.29) is 32.2 Å². The van der Waals surface area contributed by atoms with E-state index in [4.69, 9.17) is 19.9 Å². The predicted octanol–water partition coefficient (Wildman–Crippen LogP) is 3.77. The van der Waals surface area contributed by atoms with Gasteiger partial charge in [0.25, 0.3) is 6.43 Å². The van der Waals surface area contributed by atoms with Gasteiger partial charge in [0.05, 0.1) is 58.8 Å². The number of fused-ring (bicyclic) bond motifs is 4. The van der Waals surface area contributed by atoms with Crippen molar-refractivity contribution in [1.29, 1.82) is 5.41 Å². The van der Waals surface area contributed by atoms with Crippen LogP contribution < -0.4 is 9.47 Å². The molecule has 0 amide bonds. The lowest BCUT2D eigenvalue weighted by atomic mass is 10.1. The van der Waals surface area contributed by atoms with Gasteiger partial charge in [0.15, 0.2) is 0 Å². The van der Waals surface area contributed by atoms with Crippen LogP contribution in [0, 0.1) is 19.3 Å². The lowest BCUT2D eigenvalue weighted by Crippen LogP contribution is -2.41. The number of rotatable bonds is 7. The third-order valence-electron chi connectivity index (χ3n) is 7.40. The van der Waals surface area contributed by atoms with E-state index in [2.05, 4.69) is 20.4 Å². The third-order valence-corrected chi connectivity index (χ3v) is 7.40. The fourth-order valence-electron chi connectivity index (χ4n) is 5.24. The molecule has 0 saturated heterocycles. The molecule has 12 nitrogen and oxygen atoms in total. The molecule has 14 heteroatoms. The lowest BCUT2D eigenvalue weighted by Gasteiger charge is -2.29. The number of H-pyrrole nitrogens is 1. The fourth-order valence-corrected chi connectivity index (χ4v) is 5.24. The topological polar surface area (TPSA) is 143 Å². The van der Waals surface area contributed by atoms with Crippen LogP contribution in [0.4, 0.5) is 8.78 Å². The maximum atomic E-state index is 13.9. The van der Waals surface area contributed by atoms with Crippen LogP contribution in [0.1, 0.15) is 48.2 Å². The highest BCUT2D eigenvalue weighted by atomic mass is 19.3. The standard InChI is InChI=1S/C28H35F2N9O3/c1-15(13-40)39-23-11-38(12-24(29)30)16(2)14-42-28-25(17(3)35-37(28)5)22-10-20-21(33-34-26(20)18(4)32-22)7-6-19(23)27(36-39)41-9-8-31/h6-8,10,15-16,24,31,40H,9,11-14H2,1-5H3,(H,33,34)/b7-6+,31-8?. The molecule has 2 atom stereocenters. The molecule has 5 rings (SSSR count). The Morgan fingerprint density at radius 2 is 2.05 bits per heavy atom. The number of halogens is 2. The smallest absolute Gasteiger partial charge is 0.251 e. The van der Waals surface area contributed by atoms with Gasteiger partial charge in [0, 0.05) is 31.2 Å². The summed E-state index contributed by atoms with van der Waals surface area (Å²) < 4.78 is 43.2. The molecule has 1 aliphatic rings. The quantitative estimate of drug-likeness (QED) is 0.279. The summed E-state index contributed by atoms with van der Waals surface area (Å²) in [5.74, 6) is 0.715. The van der Waals surface area contributed by atoms with Crippen molar-refractivity contribution in [2.45, 2.75) is 52.7 Å². The van der Waals surface area contributed by atoms with Gasteiger partial charge in [-0.25, -0.2) is 13.5 Å². The van der Waals surface area contributed by atoms with Crippen molar-refractivity contribution in [3.05, 3.63) is 34.4 Å². The Balaban J connectivity index is 1.76. The molecule has 4 aromatic heterocycles. The number of aliphatic hydroxyl groups is 1. The van der Waals surface area contributed by atoms with Gasteiger partial charge in [-0.1, -0.05) is 0 Å². The molecule has 5 heterocycles. The summed E-state index contributed by atoms with van der Waals surface area (Å²) in [4.78, 5) is 6.43. The Morgan fingerprint density at radius 1 is 1.26 bits per heavy atom. The molecule has 0 spiro atoms. The highest BCUT2D eigenvalue weighted by molar-refractivity contribution is 5.93. The van der Waals surface area contributed by atoms with E-state index in [1.807, 2.05) is 32.9 Å². The third kappa shape index (κ3) is 5.51. The highest BCUT2D eigenvalue weighted by Gasteiger charge is 2.28. The van der Waals surface area contributed by atoms with E-state index >= 15 is 0 Å². The maximum Gasteiger partial charge on any atom is 0.251 e. The van der Waals surface area contributed by atoms with Crippen molar-refractivity contribution < 1.29 is 23.4 Å². The van der Waals surface area contributed by atoms with Gasteiger partial charge in [0.1, 0.15) is 18.7 Å². The van der Waals surface area contributed by atoms with Crippen LogP contribution in [0.25, 0.3) is 34.3 Å². The molecule has 0 aliphatic carbocycles. The number of aryl methyl sites for hydroxylation is 3. The summed E-state index contributed by atoms with van der Waals surface area (Å²) in [6.07, 6.45) is 2.13. The molecular formula is C28H35F2N9O3. The second-order valence-corrected chi connectivity index (χ2v) is 10.5. The minimum Gasteiger partial charge on any atom is -0.476 e. The number of pyridine rings is 1. The zero-order chi connectivity index (χ0) is 30.1. The van der Waals surface area contributed by atoms with E-state index in [0.29, 0.717) is 39.7 Å². The molecule has 2 bridgehead atoms. The summed E-state index contributed by atoms with van der Waals surface area (Å²) in [5.41, 5.74) is 5.34. The molecule has 2 unspecified atom stereocenters. The van der Waals surface area contributed by atoms with Crippen LogP contribution >= 0.6 is 0 Å². The Labute approximate surface area is 241 Å². The summed E-state index contributed by atoms with van der Waals surface area (Å²) >= 11 is 0. The first-order chi connectivity index (χ1) is 20.1. The molecule has 224 valence electrons. The molecule has 42 heavy (non-hydrogen) atoms. The van der Waals surface area contributed by atoms with E-state index < -0.39 is 25.1 Å². The Kier molecular flexibility index (Phi) is 8.36. The van der Waals surface area contributed by atoms with E-state index in [0.717, 1.165) is 22.9 Å². The summed E-state index contributed by atoms with van der Waals surface area (Å²) in [7, 11) is 1.77. The number of alkyl halides is 2. The van der Waals surface area contributed by atoms with E-state index in [9.17, 15) is 13.9 Å². The number of aromatic nitrogens is 7. The number of aliphatic hydroxyl groups excluding tert-OH is 1. The van der Waals surface area contributed by atoms with Crippen LogP contribution in [0.2, 0.25) is 0 Å². The van der Waals surface area contributed by atoms with Crippen molar-refractivity contribution >= 4 is 29.3 Å². The van der Waals surface area contributed by atoms with Crippen LogP contribution in [-0.4, -0.2) is 89.8 Å². The molecule has 0 saturated carbocycles. The Morgan fingerprint density at radius 3 is 2.76 bits per heavy atom. The summed E-state index contributed by atoms with van der Waals surface area (Å²) in [6.45, 7) is 6.78. The van der Waals surface area contributed by atoms with Gasteiger partial charge in [-0.15, -0.1) is 5.10 Å². The first kappa shape index (κ1) is 29.3.